The summed E-state index contributed by atoms with van der Waals surface area (Å²) < 4.78 is 33.4. The van der Waals surface area contributed by atoms with Gasteiger partial charge in [-0.1, -0.05) is 0 Å². The quantitative estimate of drug-likeness (QED) is 0.774. The van der Waals surface area contributed by atoms with E-state index < -0.39 is 10.0 Å². The van der Waals surface area contributed by atoms with Gasteiger partial charge in [0.25, 0.3) is 10.0 Å². The molecule has 2 fully saturated rings. The van der Waals surface area contributed by atoms with Gasteiger partial charge >= 0.3 is 5.97 Å². The maximum Gasteiger partial charge on any atom is 0.309 e. The predicted molar refractivity (Wildman–Crippen MR) is 83.2 cm³/mol. The summed E-state index contributed by atoms with van der Waals surface area (Å²) in [7, 11) is -2.15. The third-order valence-electron chi connectivity index (χ3n) is 5.17. The summed E-state index contributed by atoms with van der Waals surface area (Å²) in [4.78, 5) is 15.7. The van der Waals surface area contributed by atoms with Gasteiger partial charge < -0.3 is 9.30 Å². The maximum atomic E-state index is 12.7. The van der Waals surface area contributed by atoms with E-state index in [1.54, 1.807) is 17.1 Å². The molecule has 0 amide bonds. The fourth-order valence-corrected chi connectivity index (χ4v) is 4.78. The molecule has 1 saturated heterocycles. The molecule has 0 N–H and O–H groups in total. The molecule has 2 heterocycles. The van der Waals surface area contributed by atoms with Crippen molar-refractivity contribution in [3.63, 3.8) is 0 Å². The highest BCUT2D eigenvalue weighted by atomic mass is 32.2. The van der Waals surface area contributed by atoms with E-state index in [0.29, 0.717) is 25.9 Å². The van der Waals surface area contributed by atoms with Crippen LogP contribution in [0.15, 0.2) is 17.6 Å². The van der Waals surface area contributed by atoms with E-state index in [4.69, 9.17) is 4.74 Å². The molecule has 1 aliphatic heterocycles. The second kappa shape index (κ2) is 5.59. The number of hydrogen-bond donors (Lipinski definition) is 0. The molecule has 0 aromatic carbocycles. The minimum atomic E-state index is -3.56. The van der Waals surface area contributed by atoms with Gasteiger partial charge in [0.2, 0.25) is 0 Å². The van der Waals surface area contributed by atoms with Crippen LogP contribution in [0, 0.1) is 11.3 Å². The number of esters is 1. The number of nitrogens with zero attached hydrogens (tertiary/aromatic N) is 3. The van der Waals surface area contributed by atoms with Crippen molar-refractivity contribution in [3.05, 3.63) is 12.5 Å². The van der Waals surface area contributed by atoms with Gasteiger partial charge in [0, 0.05) is 25.3 Å². The molecule has 7 nitrogen and oxygen atoms in total. The summed E-state index contributed by atoms with van der Waals surface area (Å²) in [5.41, 5.74) is -0.0452. The fraction of sp³-hybridized carbons (Fsp3) is 0.733. The first kappa shape index (κ1) is 16.4. The van der Waals surface area contributed by atoms with Crippen molar-refractivity contribution >= 4 is 16.0 Å². The number of ether oxygens (including phenoxy) is 1. The van der Waals surface area contributed by atoms with Crippen LogP contribution in [0.4, 0.5) is 0 Å². The molecule has 3 rings (SSSR count). The van der Waals surface area contributed by atoms with Crippen LogP contribution in [-0.2, 0) is 19.6 Å². The van der Waals surface area contributed by atoms with Crippen molar-refractivity contribution in [1.82, 2.24) is 13.9 Å². The molecule has 1 aliphatic carbocycles. The summed E-state index contributed by atoms with van der Waals surface area (Å²) in [6, 6.07) is 0.170. The van der Waals surface area contributed by atoms with E-state index in [9.17, 15) is 13.2 Å². The lowest BCUT2D eigenvalue weighted by Crippen LogP contribution is -2.40. The van der Waals surface area contributed by atoms with Crippen LogP contribution in [0.2, 0.25) is 0 Å². The van der Waals surface area contributed by atoms with E-state index in [1.807, 2.05) is 13.8 Å². The largest absolute Gasteiger partial charge is 0.469 e. The van der Waals surface area contributed by atoms with Crippen LogP contribution in [-0.4, -0.2) is 48.4 Å². The summed E-state index contributed by atoms with van der Waals surface area (Å²) >= 11 is 0. The Kier molecular flexibility index (Phi) is 4.00. The molecule has 1 aromatic rings. The smallest absolute Gasteiger partial charge is 0.309 e. The van der Waals surface area contributed by atoms with E-state index in [1.165, 1.54) is 11.4 Å². The molecule has 0 bridgehead atoms. The summed E-state index contributed by atoms with van der Waals surface area (Å²) in [6.07, 6.45) is 5.36. The van der Waals surface area contributed by atoms with Gasteiger partial charge in [0.1, 0.15) is 0 Å². The maximum absolute atomic E-state index is 12.7. The Bertz CT molecular complexity index is 702. The standard InChI is InChI=1S/C15H23N3O4S/c1-11(2)17-9-13(16-10-17)23(20,21)18-6-4-15(5-7-18)8-12(15)14(19)22-3/h9-12H,4-8H2,1-3H3. The number of hydrogen-bond acceptors (Lipinski definition) is 5. The van der Waals surface area contributed by atoms with E-state index >= 15 is 0 Å². The minimum absolute atomic E-state index is 0.0452. The lowest BCUT2D eigenvalue weighted by Gasteiger charge is -2.31. The number of rotatable bonds is 4. The number of sulfonamides is 1. The molecule has 1 aromatic heterocycles. The van der Waals surface area contributed by atoms with Crippen LogP contribution in [0.1, 0.15) is 39.2 Å². The Balaban J connectivity index is 1.68. The number of piperidine rings is 1. The average Bonchev–Trinajstić information content (AvgIpc) is 3.00. The van der Waals surface area contributed by atoms with Gasteiger partial charge in [-0.2, -0.15) is 4.31 Å². The van der Waals surface area contributed by atoms with Crippen molar-refractivity contribution in [1.29, 1.82) is 0 Å². The van der Waals surface area contributed by atoms with Gasteiger partial charge in [0.05, 0.1) is 19.4 Å². The van der Waals surface area contributed by atoms with E-state index in [2.05, 4.69) is 4.98 Å². The average molecular weight is 341 g/mol. The normalized spacial score (nSPS) is 24.1. The van der Waals surface area contributed by atoms with Crippen molar-refractivity contribution in [2.24, 2.45) is 11.3 Å². The number of carbonyl (C=O) groups excluding carboxylic acids is 1. The van der Waals surface area contributed by atoms with Crippen molar-refractivity contribution in [2.45, 2.75) is 44.2 Å². The Morgan fingerprint density at radius 1 is 1.39 bits per heavy atom. The number of imidazole rings is 1. The van der Waals surface area contributed by atoms with Crippen LogP contribution in [0.3, 0.4) is 0 Å². The first-order valence-electron chi connectivity index (χ1n) is 7.92. The van der Waals surface area contributed by atoms with Crippen LogP contribution < -0.4 is 0 Å². The Morgan fingerprint density at radius 3 is 2.57 bits per heavy atom. The first-order valence-corrected chi connectivity index (χ1v) is 9.36. The van der Waals surface area contributed by atoms with E-state index in [0.717, 1.165) is 6.42 Å². The molecule has 1 unspecified atom stereocenters. The lowest BCUT2D eigenvalue weighted by atomic mass is 9.92. The third kappa shape index (κ3) is 2.78. The van der Waals surface area contributed by atoms with Gasteiger partial charge in [-0.3, -0.25) is 4.79 Å². The lowest BCUT2D eigenvalue weighted by molar-refractivity contribution is -0.143. The van der Waals surface area contributed by atoms with Gasteiger partial charge in [-0.05, 0) is 38.5 Å². The van der Waals surface area contributed by atoms with E-state index in [-0.39, 0.29) is 28.4 Å². The molecular formula is C15H23N3O4S. The Labute approximate surface area is 136 Å². The second-order valence-electron chi connectivity index (χ2n) is 6.80. The molecule has 23 heavy (non-hydrogen) atoms. The Hall–Kier alpha value is -1.41. The first-order chi connectivity index (χ1) is 10.8. The van der Waals surface area contributed by atoms with Crippen LogP contribution in [0.5, 0.6) is 0 Å². The summed E-state index contributed by atoms with van der Waals surface area (Å²) in [5, 5.41) is 0.0995. The van der Waals surface area contributed by atoms with Gasteiger partial charge in [0.15, 0.2) is 5.03 Å². The second-order valence-corrected chi connectivity index (χ2v) is 8.68. The molecule has 1 saturated carbocycles. The number of carbonyl (C=O) groups is 1. The minimum Gasteiger partial charge on any atom is -0.469 e. The summed E-state index contributed by atoms with van der Waals surface area (Å²) in [6.45, 7) is 4.82. The van der Waals surface area contributed by atoms with Crippen molar-refractivity contribution in [3.8, 4) is 0 Å². The molecule has 2 aliphatic rings. The number of aromatic nitrogens is 2. The molecule has 1 spiro atoms. The number of methoxy groups -OCH3 is 1. The molecule has 0 radical (unpaired) electrons. The highest BCUT2D eigenvalue weighted by Crippen LogP contribution is 2.60. The van der Waals surface area contributed by atoms with Crippen molar-refractivity contribution in [2.75, 3.05) is 20.2 Å². The van der Waals surface area contributed by atoms with Gasteiger partial charge in [-0.15, -0.1) is 0 Å². The zero-order valence-corrected chi connectivity index (χ0v) is 14.5. The third-order valence-corrected chi connectivity index (χ3v) is 6.96. The zero-order valence-electron chi connectivity index (χ0n) is 13.7. The van der Waals surface area contributed by atoms with Crippen molar-refractivity contribution < 1.29 is 17.9 Å². The highest BCUT2D eigenvalue weighted by Gasteiger charge is 2.60. The Morgan fingerprint density at radius 2 is 2.04 bits per heavy atom. The van der Waals surface area contributed by atoms with Crippen LogP contribution >= 0.6 is 0 Å². The topological polar surface area (TPSA) is 81.5 Å². The summed E-state index contributed by atoms with van der Waals surface area (Å²) in [5.74, 6) is -0.227. The molecular weight excluding hydrogens is 318 g/mol. The SMILES string of the molecule is COC(=O)C1CC12CCN(S(=O)(=O)c1cn(C(C)C)cn1)CC2. The predicted octanol–water partition coefficient (Wildman–Crippen LogP) is 1.43. The molecule has 128 valence electrons. The van der Waals surface area contributed by atoms with Crippen LogP contribution in [0.25, 0.3) is 0 Å². The zero-order chi connectivity index (χ0) is 16.8. The fourth-order valence-electron chi connectivity index (χ4n) is 3.41. The van der Waals surface area contributed by atoms with Gasteiger partial charge in [-0.25, -0.2) is 13.4 Å². The monoisotopic (exact) mass is 341 g/mol. The highest BCUT2D eigenvalue weighted by molar-refractivity contribution is 7.89. The molecule has 8 heteroatoms. The molecule has 1 atom stereocenters.